The van der Waals surface area contributed by atoms with Crippen molar-refractivity contribution in [2.45, 2.75) is 44.4 Å². The van der Waals surface area contributed by atoms with Crippen LogP contribution in [-0.2, 0) is 0 Å². The van der Waals surface area contributed by atoms with Gasteiger partial charge in [-0.2, -0.15) is 18.2 Å². The first-order chi connectivity index (χ1) is 16.0. The van der Waals surface area contributed by atoms with Gasteiger partial charge in [0.25, 0.3) is 5.91 Å². The highest BCUT2D eigenvalue weighted by atomic mass is 19.4. The van der Waals surface area contributed by atoms with Crippen molar-refractivity contribution in [1.29, 1.82) is 0 Å². The van der Waals surface area contributed by atoms with Gasteiger partial charge in [-0.15, -0.1) is 0 Å². The van der Waals surface area contributed by atoms with Crippen LogP contribution in [0.15, 0.2) is 47.2 Å². The number of carbonyl (C=O) groups excluding carboxylic acids is 1. The molecule has 8 nitrogen and oxygen atoms in total. The van der Waals surface area contributed by atoms with Gasteiger partial charge in [0.15, 0.2) is 5.60 Å². The third kappa shape index (κ3) is 3.71. The second-order valence-electron chi connectivity index (χ2n) is 8.65. The summed E-state index contributed by atoms with van der Waals surface area (Å²) in [6.45, 7) is 3.76. The lowest BCUT2D eigenvalue weighted by molar-refractivity contribution is -0.292. The number of anilines is 1. The summed E-state index contributed by atoms with van der Waals surface area (Å²) in [6.07, 6.45) is -2.47. The molecule has 5 rings (SSSR count). The number of halogens is 3. The standard InChI is InChI=1S/C23H20F3N5O3/c1-12-5-6-31-17(11-27-18(31)7-12)20(32)28-16-8-14(4-3-13(16)2)19-29-21(34-30-19)15-9-22(33,10-15)23(24,25)26/h3-8,11,15,33H,9-10H2,1-2H3,(H,28,32)/t15-,22+. The number of aryl methyl sites for hydroxylation is 2. The van der Waals surface area contributed by atoms with Crippen LogP contribution < -0.4 is 5.32 Å². The molecule has 1 fully saturated rings. The summed E-state index contributed by atoms with van der Waals surface area (Å²) in [4.78, 5) is 21.4. The lowest BCUT2D eigenvalue weighted by Crippen LogP contribution is -2.54. The molecular formula is C23H20F3N5O3. The second-order valence-corrected chi connectivity index (χ2v) is 8.65. The normalized spacial score (nSPS) is 20.4. The van der Waals surface area contributed by atoms with Crippen molar-refractivity contribution in [3.05, 3.63) is 65.4 Å². The summed E-state index contributed by atoms with van der Waals surface area (Å²) in [7, 11) is 0. The summed E-state index contributed by atoms with van der Waals surface area (Å²) in [5, 5.41) is 16.4. The second kappa shape index (κ2) is 7.66. The van der Waals surface area contributed by atoms with Gasteiger partial charge in [-0.05, 0) is 56.0 Å². The Labute approximate surface area is 191 Å². The molecule has 4 aromatic rings. The van der Waals surface area contributed by atoms with Crippen LogP contribution in [0, 0.1) is 13.8 Å². The van der Waals surface area contributed by atoms with Gasteiger partial charge >= 0.3 is 6.18 Å². The summed E-state index contributed by atoms with van der Waals surface area (Å²) in [5.74, 6) is -0.808. The van der Waals surface area contributed by atoms with Gasteiger partial charge in [-0.25, -0.2) is 4.98 Å². The first kappa shape index (κ1) is 22.1. The quantitative estimate of drug-likeness (QED) is 0.456. The van der Waals surface area contributed by atoms with Crippen molar-refractivity contribution < 1.29 is 27.6 Å². The van der Waals surface area contributed by atoms with Crippen LogP contribution in [0.1, 0.15) is 46.3 Å². The number of alkyl halides is 3. The largest absolute Gasteiger partial charge is 0.417 e. The summed E-state index contributed by atoms with van der Waals surface area (Å²) >= 11 is 0. The number of hydrogen-bond donors (Lipinski definition) is 2. The van der Waals surface area contributed by atoms with E-state index >= 15 is 0 Å². The van der Waals surface area contributed by atoms with Crippen LogP contribution in [0.5, 0.6) is 0 Å². The number of nitrogens with one attached hydrogen (secondary N) is 1. The molecule has 0 saturated heterocycles. The van der Waals surface area contributed by atoms with Crippen LogP contribution in [0.4, 0.5) is 18.9 Å². The maximum atomic E-state index is 12.9. The predicted molar refractivity (Wildman–Crippen MR) is 115 cm³/mol. The SMILES string of the molecule is Cc1ccn2c(C(=O)Nc3cc(-c4noc([C@H]5C[C@](O)(C(F)(F)F)C5)n4)ccc3C)cnc2c1. The maximum absolute atomic E-state index is 12.9. The van der Waals surface area contributed by atoms with E-state index in [1.807, 2.05) is 26.0 Å². The maximum Gasteiger partial charge on any atom is 0.417 e. The molecule has 0 spiro atoms. The molecule has 0 atom stereocenters. The molecule has 3 aromatic heterocycles. The van der Waals surface area contributed by atoms with Crippen molar-refractivity contribution in [2.24, 2.45) is 0 Å². The van der Waals surface area contributed by atoms with Crippen LogP contribution in [-0.4, -0.2) is 42.3 Å². The Morgan fingerprint density at radius 1 is 1.24 bits per heavy atom. The van der Waals surface area contributed by atoms with Crippen LogP contribution in [0.2, 0.25) is 0 Å². The number of benzene rings is 1. The topological polar surface area (TPSA) is 106 Å². The third-order valence-corrected chi connectivity index (χ3v) is 6.13. The monoisotopic (exact) mass is 471 g/mol. The highest BCUT2D eigenvalue weighted by Gasteiger charge is 2.62. The van der Waals surface area contributed by atoms with E-state index in [0.29, 0.717) is 22.6 Å². The van der Waals surface area contributed by atoms with Crippen molar-refractivity contribution in [2.75, 3.05) is 5.32 Å². The van der Waals surface area contributed by atoms with E-state index in [-0.39, 0.29) is 17.6 Å². The van der Waals surface area contributed by atoms with Crippen molar-refractivity contribution >= 4 is 17.2 Å². The Morgan fingerprint density at radius 3 is 2.74 bits per heavy atom. The van der Waals surface area contributed by atoms with Gasteiger partial charge in [0, 0.05) is 23.4 Å². The number of aromatic nitrogens is 4. The molecule has 1 saturated carbocycles. The number of aliphatic hydroxyl groups is 1. The van der Waals surface area contributed by atoms with Gasteiger partial charge in [-0.1, -0.05) is 17.3 Å². The first-order valence-corrected chi connectivity index (χ1v) is 10.5. The molecule has 1 aliphatic rings. The number of hydrogen-bond acceptors (Lipinski definition) is 6. The Hall–Kier alpha value is -3.73. The van der Waals surface area contributed by atoms with Gasteiger partial charge in [0.05, 0.1) is 6.20 Å². The summed E-state index contributed by atoms with van der Waals surface area (Å²) in [5.41, 5.74) is 1.16. The van der Waals surface area contributed by atoms with E-state index in [1.165, 1.54) is 6.20 Å². The van der Waals surface area contributed by atoms with Gasteiger partial charge in [0.2, 0.25) is 11.7 Å². The lowest BCUT2D eigenvalue weighted by Gasteiger charge is -2.42. The fourth-order valence-corrected chi connectivity index (χ4v) is 4.01. The first-order valence-electron chi connectivity index (χ1n) is 10.5. The van der Waals surface area contributed by atoms with E-state index in [0.717, 1.165) is 11.1 Å². The molecule has 0 aliphatic heterocycles. The third-order valence-electron chi connectivity index (χ3n) is 6.13. The van der Waals surface area contributed by atoms with Crippen LogP contribution >= 0.6 is 0 Å². The molecule has 3 heterocycles. The minimum Gasteiger partial charge on any atom is -0.380 e. The Balaban J connectivity index is 1.35. The number of rotatable bonds is 4. The van der Waals surface area contributed by atoms with E-state index < -0.39 is 30.5 Å². The molecule has 1 amide bonds. The zero-order valence-corrected chi connectivity index (χ0v) is 18.2. The highest BCUT2D eigenvalue weighted by molar-refractivity contribution is 6.04. The number of carbonyl (C=O) groups is 1. The molecule has 11 heteroatoms. The minimum atomic E-state index is -4.70. The molecule has 1 aromatic carbocycles. The van der Waals surface area contributed by atoms with Crippen LogP contribution in [0.25, 0.3) is 17.0 Å². The van der Waals surface area contributed by atoms with E-state index in [1.54, 1.807) is 28.8 Å². The van der Waals surface area contributed by atoms with E-state index in [2.05, 4.69) is 20.4 Å². The van der Waals surface area contributed by atoms with Crippen molar-refractivity contribution in [3.8, 4) is 11.4 Å². The molecule has 0 unspecified atom stereocenters. The Morgan fingerprint density at radius 2 is 2.00 bits per heavy atom. The number of amides is 1. The average molecular weight is 471 g/mol. The molecule has 2 N–H and O–H groups in total. The van der Waals surface area contributed by atoms with Gasteiger partial charge in [-0.3, -0.25) is 9.20 Å². The summed E-state index contributed by atoms with van der Waals surface area (Å²) < 4.78 is 45.5. The minimum absolute atomic E-state index is 0.0381. The van der Waals surface area contributed by atoms with E-state index in [4.69, 9.17) is 4.52 Å². The molecule has 0 bridgehead atoms. The van der Waals surface area contributed by atoms with Gasteiger partial charge in [0.1, 0.15) is 11.3 Å². The van der Waals surface area contributed by atoms with Crippen molar-refractivity contribution in [1.82, 2.24) is 19.5 Å². The predicted octanol–water partition coefficient (Wildman–Crippen LogP) is 4.42. The molecule has 34 heavy (non-hydrogen) atoms. The van der Waals surface area contributed by atoms with Crippen LogP contribution in [0.3, 0.4) is 0 Å². The fourth-order valence-electron chi connectivity index (χ4n) is 4.01. The zero-order chi connectivity index (χ0) is 24.3. The highest BCUT2D eigenvalue weighted by Crippen LogP contribution is 2.52. The number of imidazole rings is 1. The Kier molecular flexibility index (Phi) is 4.97. The molecule has 1 aliphatic carbocycles. The van der Waals surface area contributed by atoms with Gasteiger partial charge < -0.3 is 14.9 Å². The molecular weight excluding hydrogens is 451 g/mol. The smallest absolute Gasteiger partial charge is 0.380 e. The fraction of sp³-hybridized carbons (Fsp3) is 0.304. The number of fused-ring (bicyclic) bond motifs is 1. The number of nitrogens with zero attached hydrogens (tertiary/aromatic N) is 4. The lowest BCUT2D eigenvalue weighted by atomic mass is 9.70. The van der Waals surface area contributed by atoms with E-state index in [9.17, 15) is 23.1 Å². The molecule has 176 valence electrons. The Bertz CT molecular complexity index is 1400. The summed E-state index contributed by atoms with van der Waals surface area (Å²) in [6, 6.07) is 8.91. The van der Waals surface area contributed by atoms with Crippen molar-refractivity contribution in [3.63, 3.8) is 0 Å². The molecule has 0 radical (unpaired) electrons. The average Bonchev–Trinajstić information content (AvgIpc) is 3.39. The zero-order valence-electron chi connectivity index (χ0n) is 18.2. The number of pyridine rings is 1.